The number of Topliss-reactive ketones (excluding diaryl/α,β-unsaturated/α-hetero) is 1. The maximum atomic E-state index is 13.2. The molecule has 0 atom stereocenters. The third-order valence-corrected chi connectivity index (χ3v) is 6.27. The Morgan fingerprint density at radius 2 is 2.03 bits per heavy atom. The number of carbonyl (C=O) groups is 2. The summed E-state index contributed by atoms with van der Waals surface area (Å²) in [5, 5.41) is 8.10. The molecule has 0 fully saturated rings. The lowest BCUT2D eigenvalue weighted by Crippen LogP contribution is -2.33. The zero-order valence-electron chi connectivity index (χ0n) is 18.1. The molecular weight excluding hydrogens is 400 g/mol. The fourth-order valence-corrected chi connectivity index (χ4v) is 3.78. The maximum absolute atomic E-state index is 13.2. The zero-order valence-corrected chi connectivity index (χ0v) is 19.0. The summed E-state index contributed by atoms with van der Waals surface area (Å²) in [6, 6.07) is 5.48. The SMILES string of the molecule is CCN(Cc1nccs1)C(=O)Cn1nc(C(=O)C(C)(C)CC)c2ccc(OC)cc21. The Balaban J connectivity index is 1.97. The Hall–Kier alpha value is -2.74. The molecule has 0 aliphatic heterocycles. The van der Waals surface area contributed by atoms with Gasteiger partial charge >= 0.3 is 0 Å². The second-order valence-corrected chi connectivity index (χ2v) is 8.77. The van der Waals surface area contributed by atoms with E-state index in [0.717, 1.165) is 10.4 Å². The number of ketones is 1. The summed E-state index contributed by atoms with van der Waals surface area (Å²) in [7, 11) is 1.59. The van der Waals surface area contributed by atoms with E-state index in [4.69, 9.17) is 4.74 Å². The van der Waals surface area contributed by atoms with E-state index in [1.54, 1.807) is 22.9 Å². The lowest BCUT2D eigenvalue weighted by atomic mass is 9.83. The predicted molar refractivity (Wildman–Crippen MR) is 118 cm³/mol. The van der Waals surface area contributed by atoms with Gasteiger partial charge in [0.2, 0.25) is 5.91 Å². The minimum Gasteiger partial charge on any atom is -0.497 e. The highest BCUT2D eigenvalue weighted by Crippen LogP contribution is 2.31. The van der Waals surface area contributed by atoms with Gasteiger partial charge in [0, 0.05) is 35.0 Å². The number of hydrogen-bond acceptors (Lipinski definition) is 6. The summed E-state index contributed by atoms with van der Waals surface area (Å²) in [6.45, 7) is 8.84. The van der Waals surface area contributed by atoms with Gasteiger partial charge in [0.25, 0.3) is 0 Å². The fourth-order valence-electron chi connectivity index (χ4n) is 3.15. The van der Waals surface area contributed by atoms with Gasteiger partial charge < -0.3 is 9.64 Å². The summed E-state index contributed by atoms with van der Waals surface area (Å²) in [6.07, 6.45) is 2.44. The Bertz CT molecular complexity index is 1040. The summed E-state index contributed by atoms with van der Waals surface area (Å²) in [5.41, 5.74) is 0.578. The van der Waals surface area contributed by atoms with E-state index in [9.17, 15) is 9.59 Å². The van der Waals surface area contributed by atoms with E-state index in [1.807, 2.05) is 51.3 Å². The van der Waals surface area contributed by atoms with Crippen molar-refractivity contribution in [2.24, 2.45) is 5.41 Å². The molecule has 1 amide bonds. The molecule has 3 aromatic rings. The molecule has 3 rings (SSSR count). The molecule has 0 saturated heterocycles. The van der Waals surface area contributed by atoms with Crippen molar-refractivity contribution in [3.63, 3.8) is 0 Å². The monoisotopic (exact) mass is 428 g/mol. The van der Waals surface area contributed by atoms with Crippen molar-refractivity contribution in [3.05, 3.63) is 40.5 Å². The molecule has 2 aromatic heterocycles. The molecule has 0 aliphatic rings. The molecule has 30 heavy (non-hydrogen) atoms. The Morgan fingerprint density at radius 1 is 1.27 bits per heavy atom. The Morgan fingerprint density at radius 3 is 2.63 bits per heavy atom. The number of ether oxygens (including phenoxy) is 1. The first-order valence-electron chi connectivity index (χ1n) is 10.1. The van der Waals surface area contributed by atoms with Crippen LogP contribution in [-0.4, -0.2) is 45.0 Å². The quantitative estimate of drug-likeness (QED) is 0.478. The van der Waals surface area contributed by atoms with Crippen LogP contribution < -0.4 is 4.74 Å². The third kappa shape index (κ3) is 4.38. The van der Waals surface area contributed by atoms with Crippen molar-refractivity contribution in [3.8, 4) is 5.75 Å². The number of benzene rings is 1. The number of aromatic nitrogens is 3. The molecule has 0 bridgehead atoms. The van der Waals surface area contributed by atoms with E-state index >= 15 is 0 Å². The summed E-state index contributed by atoms with van der Waals surface area (Å²) >= 11 is 1.52. The number of likely N-dealkylation sites (N-methyl/N-ethyl adjacent to an activating group) is 1. The second-order valence-electron chi connectivity index (χ2n) is 7.79. The van der Waals surface area contributed by atoms with Crippen LogP contribution in [-0.2, 0) is 17.9 Å². The van der Waals surface area contributed by atoms with Crippen LogP contribution in [0, 0.1) is 5.41 Å². The van der Waals surface area contributed by atoms with Crippen LogP contribution in [0.15, 0.2) is 29.8 Å². The molecule has 0 radical (unpaired) electrons. The number of methoxy groups -OCH3 is 1. The van der Waals surface area contributed by atoms with Gasteiger partial charge in [-0.15, -0.1) is 11.3 Å². The first-order chi connectivity index (χ1) is 14.3. The zero-order chi connectivity index (χ0) is 21.9. The number of nitrogens with zero attached hydrogens (tertiary/aromatic N) is 4. The standard InChI is InChI=1S/C22H28N4O3S/c1-6-22(3,4)21(28)20-16-9-8-15(29-5)12-17(16)26(24-20)14-19(27)25(7-2)13-18-23-10-11-30-18/h8-12H,6-7,13-14H2,1-5H3. The molecule has 1 aromatic carbocycles. The van der Waals surface area contributed by atoms with Crippen molar-refractivity contribution in [2.75, 3.05) is 13.7 Å². The average Bonchev–Trinajstić information content (AvgIpc) is 3.39. The van der Waals surface area contributed by atoms with Crippen LogP contribution in [0.1, 0.15) is 49.6 Å². The third-order valence-electron chi connectivity index (χ3n) is 5.50. The lowest BCUT2D eigenvalue weighted by Gasteiger charge is -2.20. The molecule has 7 nitrogen and oxygen atoms in total. The van der Waals surface area contributed by atoms with E-state index in [0.29, 0.717) is 36.5 Å². The van der Waals surface area contributed by atoms with Crippen LogP contribution in [0.2, 0.25) is 0 Å². The molecular formula is C22H28N4O3S. The lowest BCUT2D eigenvalue weighted by molar-refractivity contribution is -0.132. The topological polar surface area (TPSA) is 77.3 Å². The molecule has 8 heteroatoms. The van der Waals surface area contributed by atoms with Gasteiger partial charge in [-0.1, -0.05) is 20.8 Å². The van der Waals surface area contributed by atoms with Gasteiger partial charge in [-0.3, -0.25) is 14.3 Å². The average molecular weight is 429 g/mol. The smallest absolute Gasteiger partial charge is 0.244 e. The van der Waals surface area contributed by atoms with Crippen molar-refractivity contribution in [2.45, 2.75) is 47.2 Å². The summed E-state index contributed by atoms with van der Waals surface area (Å²) < 4.78 is 6.97. The number of hydrogen-bond donors (Lipinski definition) is 0. The van der Waals surface area contributed by atoms with Crippen LogP contribution in [0.4, 0.5) is 0 Å². The number of fused-ring (bicyclic) bond motifs is 1. The first kappa shape index (κ1) is 22.0. The normalized spacial score (nSPS) is 11.6. The Labute approximate surface area is 180 Å². The first-order valence-corrected chi connectivity index (χ1v) is 10.9. The van der Waals surface area contributed by atoms with Gasteiger partial charge in [0.1, 0.15) is 23.0 Å². The van der Waals surface area contributed by atoms with Crippen LogP contribution >= 0.6 is 11.3 Å². The highest BCUT2D eigenvalue weighted by molar-refractivity contribution is 7.09. The van der Waals surface area contributed by atoms with Gasteiger partial charge in [-0.05, 0) is 25.5 Å². The van der Waals surface area contributed by atoms with Gasteiger partial charge in [-0.25, -0.2) is 4.98 Å². The van der Waals surface area contributed by atoms with Crippen molar-refractivity contribution >= 4 is 33.9 Å². The molecule has 0 spiro atoms. The number of amides is 1. The highest BCUT2D eigenvalue weighted by Gasteiger charge is 2.31. The predicted octanol–water partition coefficient (Wildman–Crippen LogP) is 4.17. The van der Waals surface area contributed by atoms with Crippen molar-refractivity contribution in [1.82, 2.24) is 19.7 Å². The van der Waals surface area contributed by atoms with Gasteiger partial charge in [-0.2, -0.15) is 5.10 Å². The largest absolute Gasteiger partial charge is 0.497 e. The van der Waals surface area contributed by atoms with Crippen LogP contribution in [0.5, 0.6) is 5.75 Å². The van der Waals surface area contributed by atoms with E-state index < -0.39 is 5.41 Å². The molecule has 0 aliphatic carbocycles. The highest BCUT2D eigenvalue weighted by atomic mass is 32.1. The summed E-state index contributed by atoms with van der Waals surface area (Å²) in [4.78, 5) is 32.2. The van der Waals surface area contributed by atoms with Gasteiger partial charge in [0.05, 0.1) is 19.2 Å². The van der Waals surface area contributed by atoms with Crippen LogP contribution in [0.25, 0.3) is 10.9 Å². The maximum Gasteiger partial charge on any atom is 0.244 e. The molecule has 0 N–H and O–H groups in total. The number of thiazole rings is 1. The van der Waals surface area contributed by atoms with E-state index in [-0.39, 0.29) is 18.2 Å². The molecule has 160 valence electrons. The van der Waals surface area contributed by atoms with Gasteiger partial charge in [0.15, 0.2) is 5.78 Å². The van der Waals surface area contributed by atoms with Crippen molar-refractivity contribution < 1.29 is 14.3 Å². The summed E-state index contributed by atoms with van der Waals surface area (Å²) in [5.74, 6) is 0.551. The van der Waals surface area contributed by atoms with E-state index in [2.05, 4.69) is 10.1 Å². The molecule has 0 saturated carbocycles. The fraction of sp³-hybridized carbons (Fsp3) is 0.455. The molecule has 0 unspecified atom stereocenters. The molecule has 2 heterocycles. The minimum absolute atomic E-state index is 0.0264. The van der Waals surface area contributed by atoms with Crippen LogP contribution in [0.3, 0.4) is 0 Å². The van der Waals surface area contributed by atoms with Crippen molar-refractivity contribution in [1.29, 1.82) is 0 Å². The number of carbonyl (C=O) groups excluding carboxylic acids is 2. The Kier molecular flexibility index (Phi) is 6.55. The van der Waals surface area contributed by atoms with E-state index in [1.165, 1.54) is 11.3 Å². The number of rotatable bonds is 9. The second kappa shape index (κ2) is 8.95. The minimum atomic E-state index is -0.531.